The Morgan fingerprint density at radius 2 is 2.00 bits per heavy atom. The standard InChI is InChI=1S/C17H19N3O/c1-19-12-15(18)11-16(19)17(21)20-9-7-14(8-10-20)13-5-3-2-4-6-13/h2-7,11-12H,8-10,18H2,1H3. The molecule has 21 heavy (non-hydrogen) atoms. The first-order chi connectivity index (χ1) is 10.1. The first-order valence-electron chi connectivity index (χ1n) is 7.11. The molecule has 0 fully saturated rings. The maximum absolute atomic E-state index is 12.5. The Bertz CT molecular complexity index is 685. The SMILES string of the molecule is Cn1cc(N)cc1C(=O)N1CC=C(c2ccccc2)CC1. The minimum Gasteiger partial charge on any atom is -0.397 e. The monoisotopic (exact) mass is 281 g/mol. The Morgan fingerprint density at radius 1 is 1.24 bits per heavy atom. The first kappa shape index (κ1) is 13.5. The van der Waals surface area contributed by atoms with Gasteiger partial charge >= 0.3 is 0 Å². The largest absolute Gasteiger partial charge is 0.397 e. The van der Waals surface area contributed by atoms with Crippen molar-refractivity contribution >= 4 is 17.2 Å². The molecule has 0 radical (unpaired) electrons. The highest BCUT2D eigenvalue weighted by atomic mass is 16.2. The van der Waals surface area contributed by atoms with Gasteiger partial charge in [-0.25, -0.2) is 0 Å². The second-order valence-electron chi connectivity index (χ2n) is 5.37. The van der Waals surface area contributed by atoms with Gasteiger partial charge in [0.25, 0.3) is 5.91 Å². The highest BCUT2D eigenvalue weighted by molar-refractivity contribution is 5.94. The third-order valence-corrected chi connectivity index (χ3v) is 3.89. The molecule has 0 spiro atoms. The van der Waals surface area contributed by atoms with E-state index in [0.717, 1.165) is 13.0 Å². The quantitative estimate of drug-likeness (QED) is 0.919. The van der Waals surface area contributed by atoms with Crippen LogP contribution in [0.2, 0.25) is 0 Å². The first-order valence-corrected chi connectivity index (χ1v) is 7.11. The summed E-state index contributed by atoms with van der Waals surface area (Å²) in [6.07, 6.45) is 4.79. The number of benzene rings is 1. The van der Waals surface area contributed by atoms with Crippen LogP contribution in [0.15, 0.2) is 48.7 Å². The van der Waals surface area contributed by atoms with E-state index in [-0.39, 0.29) is 5.91 Å². The average molecular weight is 281 g/mol. The van der Waals surface area contributed by atoms with Crippen molar-refractivity contribution in [2.75, 3.05) is 18.8 Å². The van der Waals surface area contributed by atoms with Crippen LogP contribution in [0.1, 0.15) is 22.5 Å². The van der Waals surface area contributed by atoms with Crippen molar-refractivity contribution in [3.05, 3.63) is 59.9 Å². The normalized spacial score (nSPS) is 14.9. The van der Waals surface area contributed by atoms with E-state index in [0.29, 0.717) is 17.9 Å². The summed E-state index contributed by atoms with van der Waals surface area (Å²) in [5, 5.41) is 0. The zero-order valence-corrected chi connectivity index (χ0v) is 12.1. The molecule has 1 aliphatic rings. The molecule has 0 bridgehead atoms. The van der Waals surface area contributed by atoms with Crippen LogP contribution in [0.4, 0.5) is 5.69 Å². The van der Waals surface area contributed by atoms with Gasteiger partial charge in [-0.3, -0.25) is 4.79 Å². The van der Waals surface area contributed by atoms with Crippen LogP contribution in [0.3, 0.4) is 0 Å². The molecule has 4 nitrogen and oxygen atoms in total. The van der Waals surface area contributed by atoms with Crippen LogP contribution < -0.4 is 5.73 Å². The lowest BCUT2D eigenvalue weighted by molar-refractivity contribution is 0.0763. The number of aryl methyl sites for hydroxylation is 1. The van der Waals surface area contributed by atoms with Gasteiger partial charge in [0.2, 0.25) is 0 Å². The number of amides is 1. The van der Waals surface area contributed by atoms with Crippen molar-refractivity contribution in [1.82, 2.24) is 9.47 Å². The molecule has 0 atom stereocenters. The molecule has 1 amide bonds. The van der Waals surface area contributed by atoms with Gasteiger partial charge < -0.3 is 15.2 Å². The van der Waals surface area contributed by atoms with Gasteiger partial charge in [0.15, 0.2) is 0 Å². The topological polar surface area (TPSA) is 51.3 Å². The maximum Gasteiger partial charge on any atom is 0.270 e. The van der Waals surface area contributed by atoms with Gasteiger partial charge in [-0.2, -0.15) is 0 Å². The van der Waals surface area contributed by atoms with E-state index in [1.165, 1.54) is 11.1 Å². The number of carbonyl (C=O) groups is 1. The van der Waals surface area contributed by atoms with Crippen LogP contribution in [0.25, 0.3) is 5.57 Å². The zero-order valence-electron chi connectivity index (χ0n) is 12.1. The Labute approximate surface area is 124 Å². The fourth-order valence-electron chi connectivity index (χ4n) is 2.73. The molecule has 2 heterocycles. The van der Waals surface area contributed by atoms with Gasteiger partial charge in [0.05, 0.1) is 5.69 Å². The van der Waals surface area contributed by atoms with E-state index in [2.05, 4.69) is 18.2 Å². The van der Waals surface area contributed by atoms with Gasteiger partial charge in [0.1, 0.15) is 5.69 Å². The van der Waals surface area contributed by atoms with Gasteiger partial charge in [-0.15, -0.1) is 0 Å². The molecule has 3 rings (SSSR count). The molecule has 1 aliphatic heterocycles. The predicted molar refractivity (Wildman–Crippen MR) is 84.8 cm³/mol. The summed E-state index contributed by atoms with van der Waals surface area (Å²) >= 11 is 0. The van der Waals surface area contributed by atoms with Gasteiger partial charge in [-0.05, 0) is 23.6 Å². The van der Waals surface area contributed by atoms with E-state index >= 15 is 0 Å². The molecule has 0 saturated carbocycles. The number of anilines is 1. The lowest BCUT2D eigenvalue weighted by atomic mass is 9.99. The Hall–Kier alpha value is -2.49. The van der Waals surface area contributed by atoms with E-state index in [1.807, 2.05) is 30.1 Å². The fourth-order valence-corrected chi connectivity index (χ4v) is 2.73. The molecule has 2 N–H and O–H groups in total. The van der Waals surface area contributed by atoms with Crippen LogP contribution in [0, 0.1) is 0 Å². The Balaban J connectivity index is 1.75. The summed E-state index contributed by atoms with van der Waals surface area (Å²) in [6, 6.07) is 12.1. The van der Waals surface area contributed by atoms with E-state index in [9.17, 15) is 4.79 Å². The number of carbonyl (C=O) groups excluding carboxylic acids is 1. The van der Waals surface area contributed by atoms with Crippen LogP contribution in [-0.4, -0.2) is 28.5 Å². The summed E-state index contributed by atoms with van der Waals surface area (Å²) in [7, 11) is 1.85. The third kappa shape index (κ3) is 2.70. The third-order valence-electron chi connectivity index (χ3n) is 3.89. The Kier molecular flexibility index (Phi) is 3.52. The predicted octanol–water partition coefficient (Wildman–Crippen LogP) is 2.54. The zero-order chi connectivity index (χ0) is 14.8. The number of nitrogen functional groups attached to an aromatic ring is 1. The van der Waals surface area contributed by atoms with E-state index in [1.54, 1.807) is 16.8 Å². The second-order valence-corrected chi connectivity index (χ2v) is 5.37. The molecular weight excluding hydrogens is 262 g/mol. The molecular formula is C17H19N3O. The molecule has 0 saturated heterocycles. The Morgan fingerprint density at radius 3 is 2.57 bits per heavy atom. The minimum absolute atomic E-state index is 0.0394. The molecule has 1 aromatic carbocycles. The number of aromatic nitrogens is 1. The number of rotatable bonds is 2. The van der Waals surface area contributed by atoms with Crippen LogP contribution in [0.5, 0.6) is 0 Å². The summed E-state index contributed by atoms with van der Waals surface area (Å²) < 4.78 is 1.79. The van der Waals surface area contributed by atoms with Crippen molar-refractivity contribution in [3.63, 3.8) is 0 Å². The summed E-state index contributed by atoms with van der Waals surface area (Å²) in [5.74, 6) is 0.0394. The molecule has 4 heteroatoms. The second kappa shape index (κ2) is 5.48. The summed E-state index contributed by atoms with van der Waals surface area (Å²) in [6.45, 7) is 1.39. The van der Waals surface area contributed by atoms with Crippen LogP contribution >= 0.6 is 0 Å². The number of hydrogen-bond donors (Lipinski definition) is 1. The average Bonchev–Trinajstić information content (AvgIpc) is 2.86. The van der Waals surface area contributed by atoms with E-state index in [4.69, 9.17) is 5.73 Å². The number of hydrogen-bond acceptors (Lipinski definition) is 2. The van der Waals surface area contributed by atoms with E-state index < -0.39 is 0 Å². The highest BCUT2D eigenvalue weighted by Gasteiger charge is 2.21. The van der Waals surface area contributed by atoms with Gasteiger partial charge in [0, 0.05) is 26.3 Å². The summed E-state index contributed by atoms with van der Waals surface area (Å²) in [5.41, 5.74) is 9.56. The molecule has 0 unspecified atom stereocenters. The maximum atomic E-state index is 12.5. The van der Waals surface area contributed by atoms with Crippen molar-refractivity contribution in [3.8, 4) is 0 Å². The summed E-state index contributed by atoms with van der Waals surface area (Å²) in [4.78, 5) is 14.4. The molecule has 1 aromatic heterocycles. The van der Waals surface area contributed by atoms with Crippen molar-refractivity contribution < 1.29 is 4.79 Å². The smallest absolute Gasteiger partial charge is 0.270 e. The molecule has 2 aromatic rings. The van der Waals surface area contributed by atoms with Crippen molar-refractivity contribution in [1.29, 1.82) is 0 Å². The minimum atomic E-state index is 0.0394. The fraction of sp³-hybridized carbons (Fsp3) is 0.235. The lowest BCUT2D eigenvalue weighted by Crippen LogP contribution is -2.35. The van der Waals surface area contributed by atoms with Gasteiger partial charge in [-0.1, -0.05) is 36.4 Å². The number of nitrogens with zero attached hydrogens (tertiary/aromatic N) is 2. The molecule has 0 aliphatic carbocycles. The molecule has 108 valence electrons. The lowest BCUT2D eigenvalue weighted by Gasteiger charge is -2.26. The highest BCUT2D eigenvalue weighted by Crippen LogP contribution is 2.23. The van der Waals surface area contributed by atoms with Crippen molar-refractivity contribution in [2.24, 2.45) is 7.05 Å². The van der Waals surface area contributed by atoms with Crippen molar-refractivity contribution in [2.45, 2.75) is 6.42 Å². The number of nitrogens with two attached hydrogens (primary N) is 1. The van der Waals surface area contributed by atoms with Crippen LogP contribution in [-0.2, 0) is 7.05 Å².